The number of Topliss-reactive ketones (excluding diaryl/α,β-unsaturated/α-hetero) is 1. The van der Waals surface area contributed by atoms with Crippen LogP contribution in [0.1, 0.15) is 27.2 Å². The second-order valence-corrected chi connectivity index (χ2v) is 2.75. The third-order valence-electron chi connectivity index (χ3n) is 1.32. The number of aliphatic hydroxyl groups is 1. The van der Waals surface area contributed by atoms with E-state index >= 15 is 0 Å². The highest BCUT2D eigenvalue weighted by atomic mass is 16.5. The van der Waals surface area contributed by atoms with E-state index in [1.165, 1.54) is 0 Å². The molecule has 0 rings (SSSR count). The van der Waals surface area contributed by atoms with Gasteiger partial charge >= 0.3 is 0 Å². The first-order valence-electron chi connectivity index (χ1n) is 3.90. The summed E-state index contributed by atoms with van der Waals surface area (Å²) in [5.74, 6) is -0.235. The Morgan fingerprint density at radius 2 is 2.09 bits per heavy atom. The van der Waals surface area contributed by atoms with Crippen LogP contribution >= 0.6 is 0 Å². The first-order valence-corrected chi connectivity index (χ1v) is 3.90. The summed E-state index contributed by atoms with van der Waals surface area (Å²) in [6.07, 6.45) is -0.350. The van der Waals surface area contributed by atoms with Crippen molar-refractivity contribution in [2.45, 2.75) is 39.4 Å². The first kappa shape index (κ1) is 10.6. The molecule has 0 radical (unpaired) electrons. The SMILES string of the molecule is CCC(O)C(=O)COC(C)C. The van der Waals surface area contributed by atoms with Crippen molar-refractivity contribution in [2.24, 2.45) is 0 Å². The number of hydrogen-bond donors (Lipinski definition) is 1. The van der Waals surface area contributed by atoms with Gasteiger partial charge in [-0.3, -0.25) is 4.79 Å². The Labute approximate surface area is 67.4 Å². The highest BCUT2D eigenvalue weighted by Crippen LogP contribution is 1.95. The number of aliphatic hydroxyl groups excluding tert-OH is 1. The smallest absolute Gasteiger partial charge is 0.186 e. The summed E-state index contributed by atoms with van der Waals surface area (Å²) in [6.45, 7) is 5.49. The second-order valence-electron chi connectivity index (χ2n) is 2.75. The predicted molar refractivity (Wildman–Crippen MR) is 42.4 cm³/mol. The van der Waals surface area contributed by atoms with Crippen LogP contribution in [0.5, 0.6) is 0 Å². The average Bonchev–Trinajstić information content (AvgIpc) is 1.98. The summed E-state index contributed by atoms with van der Waals surface area (Å²) < 4.78 is 5.02. The van der Waals surface area contributed by atoms with Crippen molar-refractivity contribution in [3.05, 3.63) is 0 Å². The largest absolute Gasteiger partial charge is 0.385 e. The number of carbonyl (C=O) groups excluding carboxylic acids is 1. The van der Waals surface area contributed by atoms with Gasteiger partial charge in [0.2, 0.25) is 0 Å². The van der Waals surface area contributed by atoms with Gasteiger partial charge in [0.05, 0.1) is 6.10 Å². The second kappa shape index (κ2) is 5.27. The Hall–Kier alpha value is -0.410. The van der Waals surface area contributed by atoms with E-state index < -0.39 is 6.10 Å². The highest BCUT2D eigenvalue weighted by Gasteiger charge is 2.12. The van der Waals surface area contributed by atoms with E-state index in [4.69, 9.17) is 9.84 Å². The Balaban J connectivity index is 3.52. The van der Waals surface area contributed by atoms with Gasteiger partial charge in [-0.25, -0.2) is 0 Å². The minimum Gasteiger partial charge on any atom is -0.385 e. The van der Waals surface area contributed by atoms with Gasteiger partial charge in [-0.05, 0) is 20.3 Å². The van der Waals surface area contributed by atoms with Crippen LogP contribution in [0.25, 0.3) is 0 Å². The molecule has 0 saturated carbocycles. The molecule has 66 valence electrons. The van der Waals surface area contributed by atoms with Gasteiger partial charge in [0, 0.05) is 0 Å². The molecule has 0 spiro atoms. The fourth-order valence-electron chi connectivity index (χ4n) is 0.573. The van der Waals surface area contributed by atoms with Crippen LogP contribution in [0.15, 0.2) is 0 Å². The molecular weight excluding hydrogens is 144 g/mol. The lowest BCUT2D eigenvalue weighted by atomic mass is 10.2. The van der Waals surface area contributed by atoms with E-state index in [1.54, 1.807) is 6.92 Å². The quantitative estimate of drug-likeness (QED) is 0.645. The maximum atomic E-state index is 10.9. The van der Waals surface area contributed by atoms with Crippen LogP contribution in [0.2, 0.25) is 0 Å². The summed E-state index contributed by atoms with van der Waals surface area (Å²) >= 11 is 0. The van der Waals surface area contributed by atoms with Crippen LogP contribution in [-0.2, 0) is 9.53 Å². The number of hydrogen-bond acceptors (Lipinski definition) is 3. The lowest BCUT2D eigenvalue weighted by Gasteiger charge is -2.09. The van der Waals surface area contributed by atoms with Gasteiger partial charge in [0.15, 0.2) is 5.78 Å². The molecule has 0 heterocycles. The molecule has 0 aromatic rings. The lowest BCUT2D eigenvalue weighted by molar-refractivity contribution is -0.133. The monoisotopic (exact) mass is 160 g/mol. The highest BCUT2D eigenvalue weighted by molar-refractivity contribution is 5.83. The molecule has 0 fully saturated rings. The molecule has 0 aromatic carbocycles. The van der Waals surface area contributed by atoms with Crippen LogP contribution in [0.3, 0.4) is 0 Å². The van der Waals surface area contributed by atoms with E-state index in [1.807, 2.05) is 13.8 Å². The Bertz CT molecular complexity index is 121. The molecule has 1 N–H and O–H groups in total. The third-order valence-corrected chi connectivity index (χ3v) is 1.32. The molecular formula is C8H16O3. The molecule has 0 aliphatic carbocycles. The van der Waals surface area contributed by atoms with Gasteiger partial charge in [0.25, 0.3) is 0 Å². The molecule has 1 atom stereocenters. The molecule has 3 heteroatoms. The van der Waals surface area contributed by atoms with E-state index in [2.05, 4.69) is 0 Å². The minimum atomic E-state index is -0.853. The van der Waals surface area contributed by atoms with E-state index in [0.717, 1.165) is 0 Å². The average molecular weight is 160 g/mol. The molecule has 0 amide bonds. The van der Waals surface area contributed by atoms with Gasteiger partial charge in [-0.15, -0.1) is 0 Å². The maximum absolute atomic E-state index is 10.9. The van der Waals surface area contributed by atoms with Gasteiger partial charge in [-0.1, -0.05) is 6.92 Å². The van der Waals surface area contributed by atoms with Gasteiger partial charge in [0.1, 0.15) is 12.7 Å². The predicted octanol–water partition coefficient (Wildman–Crippen LogP) is 0.751. The van der Waals surface area contributed by atoms with Crippen molar-refractivity contribution in [3.63, 3.8) is 0 Å². The van der Waals surface area contributed by atoms with Crippen molar-refractivity contribution in [1.82, 2.24) is 0 Å². The third kappa shape index (κ3) is 4.93. The zero-order valence-electron chi connectivity index (χ0n) is 7.33. The minimum absolute atomic E-state index is 0.0205. The Morgan fingerprint density at radius 1 is 1.55 bits per heavy atom. The molecule has 3 nitrogen and oxygen atoms in total. The van der Waals surface area contributed by atoms with Crippen LogP contribution in [0, 0.1) is 0 Å². The van der Waals surface area contributed by atoms with Crippen LogP contribution < -0.4 is 0 Å². The molecule has 0 saturated heterocycles. The molecule has 0 aliphatic rings. The normalized spacial score (nSPS) is 13.5. The zero-order chi connectivity index (χ0) is 8.85. The Morgan fingerprint density at radius 3 is 2.45 bits per heavy atom. The first-order chi connectivity index (χ1) is 5.07. The van der Waals surface area contributed by atoms with Crippen molar-refractivity contribution >= 4 is 5.78 Å². The van der Waals surface area contributed by atoms with Gasteiger partial charge < -0.3 is 9.84 Å². The fourth-order valence-corrected chi connectivity index (χ4v) is 0.573. The van der Waals surface area contributed by atoms with Crippen LogP contribution in [-0.4, -0.2) is 29.7 Å². The summed E-state index contributed by atoms with van der Waals surface area (Å²) in [4.78, 5) is 10.9. The molecule has 0 bridgehead atoms. The molecule has 1 unspecified atom stereocenters. The maximum Gasteiger partial charge on any atom is 0.186 e. The summed E-state index contributed by atoms with van der Waals surface area (Å²) in [5, 5.41) is 9.01. The zero-order valence-corrected chi connectivity index (χ0v) is 7.33. The lowest BCUT2D eigenvalue weighted by Crippen LogP contribution is -2.25. The van der Waals surface area contributed by atoms with E-state index in [-0.39, 0.29) is 18.5 Å². The van der Waals surface area contributed by atoms with E-state index in [9.17, 15) is 4.79 Å². The summed E-state index contributed by atoms with van der Waals surface area (Å²) in [6, 6.07) is 0. The summed E-state index contributed by atoms with van der Waals surface area (Å²) in [7, 11) is 0. The van der Waals surface area contributed by atoms with Crippen LogP contribution in [0.4, 0.5) is 0 Å². The molecule has 0 aromatic heterocycles. The van der Waals surface area contributed by atoms with E-state index in [0.29, 0.717) is 6.42 Å². The number of ketones is 1. The Kier molecular flexibility index (Phi) is 5.07. The topological polar surface area (TPSA) is 46.5 Å². The van der Waals surface area contributed by atoms with Gasteiger partial charge in [-0.2, -0.15) is 0 Å². The number of carbonyl (C=O) groups is 1. The van der Waals surface area contributed by atoms with Crippen molar-refractivity contribution in [2.75, 3.05) is 6.61 Å². The van der Waals surface area contributed by atoms with Crippen molar-refractivity contribution < 1.29 is 14.6 Å². The molecule has 11 heavy (non-hydrogen) atoms. The van der Waals surface area contributed by atoms with Crippen molar-refractivity contribution in [3.8, 4) is 0 Å². The number of rotatable bonds is 5. The fraction of sp³-hybridized carbons (Fsp3) is 0.875. The molecule has 0 aliphatic heterocycles. The summed E-state index contributed by atoms with van der Waals surface area (Å²) in [5.41, 5.74) is 0. The standard InChI is InChI=1S/C8H16O3/c1-4-7(9)8(10)5-11-6(2)3/h6-7,9H,4-5H2,1-3H3. The van der Waals surface area contributed by atoms with Crippen molar-refractivity contribution in [1.29, 1.82) is 0 Å². The number of ether oxygens (including phenoxy) is 1.